The molecule has 0 aliphatic rings. The minimum atomic E-state index is -0.323. The van der Waals surface area contributed by atoms with Crippen LogP contribution in [0.1, 0.15) is 24.1 Å². The lowest BCUT2D eigenvalue weighted by atomic mass is 9.92. The van der Waals surface area contributed by atoms with E-state index in [2.05, 4.69) is 35.8 Å². The molecule has 0 spiro atoms. The normalized spacial score (nSPS) is 12.6. The Bertz CT molecular complexity index is 1130. The van der Waals surface area contributed by atoms with E-state index in [0.717, 1.165) is 34.3 Å². The van der Waals surface area contributed by atoms with Gasteiger partial charge in [-0.15, -0.1) is 0 Å². The molecule has 0 N–H and O–H groups in total. The molecule has 3 aromatic carbocycles. The Hall–Kier alpha value is -2.62. The first-order valence-electron chi connectivity index (χ1n) is 9.81. The van der Waals surface area contributed by atoms with Crippen LogP contribution in [0.4, 0.5) is 4.39 Å². The Labute approximate surface area is 176 Å². The number of nitrogens with zero attached hydrogens (tertiary/aromatic N) is 2. The quantitative estimate of drug-likeness (QED) is 0.355. The van der Waals surface area contributed by atoms with Crippen LogP contribution in [0.5, 0.6) is 0 Å². The van der Waals surface area contributed by atoms with Crippen LogP contribution in [-0.4, -0.2) is 23.6 Å². The van der Waals surface area contributed by atoms with Crippen molar-refractivity contribution in [1.82, 2.24) is 9.47 Å². The number of aryl methyl sites for hydroxylation is 1. The molecular formula is C25H24ClFN2. The molecular weight excluding hydrogens is 383 g/mol. The first kappa shape index (κ1) is 19.7. The van der Waals surface area contributed by atoms with Crippen molar-refractivity contribution in [3.05, 3.63) is 94.8 Å². The zero-order chi connectivity index (χ0) is 20.5. The van der Waals surface area contributed by atoms with E-state index in [1.165, 1.54) is 6.07 Å². The summed E-state index contributed by atoms with van der Waals surface area (Å²) in [5, 5.41) is 1.56. The van der Waals surface area contributed by atoms with Crippen molar-refractivity contribution in [1.29, 1.82) is 0 Å². The predicted molar refractivity (Wildman–Crippen MR) is 120 cm³/mol. The highest BCUT2D eigenvalue weighted by Gasteiger charge is 2.30. The molecule has 0 radical (unpaired) electrons. The van der Waals surface area contributed by atoms with Gasteiger partial charge in [-0.25, -0.2) is 4.39 Å². The van der Waals surface area contributed by atoms with Crippen molar-refractivity contribution in [3.8, 4) is 11.3 Å². The smallest absolute Gasteiger partial charge is 0.129 e. The summed E-state index contributed by atoms with van der Waals surface area (Å²) >= 11 is 6.53. The monoisotopic (exact) mass is 406 g/mol. The van der Waals surface area contributed by atoms with Crippen molar-refractivity contribution in [2.45, 2.75) is 19.5 Å². The molecule has 4 heteroatoms. The largest absolute Gasteiger partial charge is 0.340 e. The maximum absolute atomic E-state index is 15.1. The molecule has 1 heterocycles. The maximum Gasteiger partial charge on any atom is 0.129 e. The van der Waals surface area contributed by atoms with Crippen LogP contribution in [0.15, 0.2) is 72.8 Å². The van der Waals surface area contributed by atoms with Crippen LogP contribution in [0, 0.1) is 5.82 Å². The van der Waals surface area contributed by atoms with E-state index in [4.69, 9.17) is 11.6 Å². The molecule has 1 unspecified atom stereocenters. The van der Waals surface area contributed by atoms with Crippen LogP contribution in [0.3, 0.4) is 0 Å². The fourth-order valence-corrected chi connectivity index (χ4v) is 4.54. The average molecular weight is 407 g/mol. The molecule has 2 nitrogen and oxygen atoms in total. The summed E-state index contributed by atoms with van der Waals surface area (Å²) in [7, 11) is 3.94. The molecule has 4 rings (SSSR count). The molecule has 0 saturated heterocycles. The van der Waals surface area contributed by atoms with Gasteiger partial charge in [0.1, 0.15) is 5.82 Å². The molecule has 0 saturated carbocycles. The molecule has 0 aliphatic carbocycles. The van der Waals surface area contributed by atoms with Gasteiger partial charge in [-0.3, -0.25) is 4.90 Å². The Morgan fingerprint density at radius 2 is 1.59 bits per heavy atom. The standard InChI is InChI=1S/C25H24ClFN2/c1-4-29-21-16-9-8-13-18(21)22(24(29)17-11-6-5-7-12-17)25(28(2)3)23-19(26)14-10-15-20(23)27/h5-16,25H,4H2,1-3H3. The lowest BCUT2D eigenvalue weighted by Gasteiger charge is -2.28. The predicted octanol–water partition coefficient (Wildman–Crippen LogP) is 6.77. The molecule has 0 amide bonds. The average Bonchev–Trinajstić information content (AvgIpc) is 3.05. The van der Waals surface area contributed by atoms with E-state index in [0.29, 0.717) is 10.6 Å². The second kappa shape index (κ2) is 8.02. The van der Waals surface area contributed by atoms with E-state index < -0.39 is 0 Å². The highest BCUT2D eigenvalue weighted by Crippen LogP contribution is 2.44. The van der Waals surface area contributed by atoms with Crippen molar-refractivity contribution in [2.75, 3.05) is 14.1 Å². The Balaban J connectivity index is 2.14. The van der Waals surface area contributed by atoms with Crippen LogP contribution in [0.2, 0.25) is 5.02 Å². The molecule has 0 aliphatic heterocycles. The van der Waals surface area contributed by atoms with Gasteiger partial charge in [0.05, 0.1) is 11.7 Å². The van der Waals surface area contributed by atoms with Gasteiger partial charge in [-0.1, -0.05) is 66.2 Å². The first-order chi connectivity index (χ1) is 14.0. The number of hydrogen-bond acceptors (Lipinski definition) is 1. The van der Waals surface area contributed by atoms with Crippen LogP contribution in [-0.2, 0) is 6.54 Å². The van der Waals surface area contributed by atoms with Crippen LogP contribution >= 0.6 is 11.6 Å². The van der Waals surface area contributed by atoms with Gasteiger partial charge in [0.15, 0.2) is 0 Å². The van der Waals surface area contributed by atoms with Gasteiger partial charge in [0.2, 0.25) is 0 Å². The highest BCUT2D eigenvalue weighted by molar-refractivity contribution is 6.31. The third-order valence-electron chi connectivity index (χ3n) is 5.44. The number of aromatic nitrogens is 1. The van der Waals surface area contributed by atoms with Gasteiger partial charge in [-0.05, 0) is 44.8 Å². The summed E-state index contributed by atoms with van der Waals surface area (Å²) in [6.07, 6.45) is 0. The maximum atomic E-state index is 15.1. The molecule has 1 atom stereocenters. The summed E-state index contributed by atoms with van der Waals surface area (Å²) in [5.74, 6) is -0.288. The number of halogens is 2. The molecule has 4 aromatic rings. The zero-order valence-corrected chi connectivity index (χ0v) is 17.6. The number of fused-ring (bicyclic) bond motifs is 1. The highest BCUT2D eigenvalue weighted by atomic mass is 35.5. The minimum absolute atomic E-state index is 0.288. The van der Waals surface area contributed by atoms with Crippen LogP contribution < -0.4 is 0 Å². The molecule has 0 fully saturated rings. The van der Waals surface area contributed by atoms with Gasteiger partial charge in [-0.2, -0.15) is 0 Å². The summed E-state index contributed by atoms with van der Waals surface area (Å²) < 4.78 is 17.4. The van der Waals surface area contributed by atoms with E-state index in [-0.39, 0.29) is 11.9 Å². The summed E-state index contributed by atoms with van der Waals surface area (Å²) in [5.41, 5.74) is 4.94. The lowest BCUT2D eigenvalue weighted by molar-refractivity contribution is 0.336. The number of rotatable bonds is 5. The Morgan fingerprint density at radius 1 is 0.897 bits per heavy atom. The Kier molecular flexibility index (Phi) is 5.44. The van der Waals surface area contributed by atoms with Gasteiger partial charge in [0, 0.05) is 33.6 Å². The fraction of sp³-hybridized carbons (Fsp3) is 0.200. The van der Waals surface area contributed by atoms with Gasteiger partial charge in [0.25, 0.3) is 0 Å². The number of hydrogen-bond donors (Lipinski definition) is 0. The van der Waals surface area contributed by atoms with Crippen molar-refractivity contribution in [3.63, 3.8) is 0 Å². The molecule has 1 aromatic heterocycles. The third kappa shape index (κ3) is 3.35. The number of benzene rings is 3. The summed E-state index contributed by atoms with van der Waals surface area (Å²) in [6.45, 7) is 2.96. The van der Waals surface area contributed by atoms with E-state index in [9.17, 15) is 0 Å². The van der Waals surface area contributed by atoms with Crippen LogP contribution in [0.25, 0.3) is 22.2 Å². The lowest BCUT2D eigenvalue weighted by Crippen LogP contribution is -2.23. The third-order valence-corrected chi connectivity index (χ3v) is 5.77. The topological polar surface area (TPSA) is 8.17 Å². The SMILES string of the molecule is CCn1c(-c2ccccc2)c(C(c2c(F)cccc2Cl)N(C)C)c2ccccc21. The van der Waals surface area contributed by atoms with E-state index >= 15 is 4.39 Å². The summed E-state index contributed by atoms with van der Waals surface area (Å²) in [6, 6.07) is 23.2. The van der Waals surface area contributed by atoms with Gasteiger partial charge >= 0.3 is 0 Å². The second-order valence-electron chi connectivity index (χ2n) is 7.39. The summed E-state index contributed by atoms with van der Waals surface area (Å²) in [4.78, 5) is 2.04. The number of para-hydroxylation sites is 1. The first-order valence-corrected chi connectivity index (χ1v) is 10.2. The van der Waals surface area contributed by atoms with Crippen molar-refractivity contribution in [2.24, 2.45) is 0 Å². The minimum Gasteiger partial charge on any atom is -0.340 e. The molecule has 29 heavy (non-hydrogen) atoms. The van der Waals surface area contributed by atoms with Gasteiger partial charge < -0.3 is 4.57 Å². The van der Waals surface area contributed by atoms with Crippen molar-refractivity contribution >= 4 is 22.5 Å². The fourth-order valence-electron chi connectivity index (χ4n) is 4.28. The van der Waals surface area contributed by atoms with Crippen molar-refractivity contribution < 1.29 is 4.39 Å². The zero-order valence-electron chi connectivity index (χ0n) is 16.9. The van der Waals surface area contributed by atoms with E-state index in [1.807, 2.05) is 49.3 Å². The Morgan fingerprint density at radius 3 is 2.24 bits per heavy atom. The van der Waals surface area contributed by atoms with E-state index in [1.54, 1.807) is 12.1 Å². The molecule has 148 valence electrons. The second-order valence-corrected chi connectivity index (χ2v) is 7.80. The molecule has 0 bridgehead atoms.